The van der Waals surface area contributed by atoms with Gasteiger partial charge in [-0.2, -0.15) is 0 Å². The second kappa shape index (κ2) is 4.31. The topological polar surface area (TPSA) is 17.1 Å². The van der Waals surface area contributed by atoms with Gasteiger partial charge in [0, 0.05) is 15.8 Å². The summed E-state index contributed by atoms with van der Waals surface area (Å²) < 4.78 is 0. The van der Waals surface area contributed by atoms with Gasteiger partial charge >= 0.3 is 0 Å². The maximum atomic E-state index is 12.1. The summed E-state index contributed by atoms with van der Waals surface area (Å²) >= 11 is 1.65. The monoisotopic (exact) mass is 220 g/mol. The predicted molar refractivity (Wildman–Crippen MR) is 64.5 cm³/mol. The van der Waals surface area contributed by atoms with Crippen LogP contribution in [0.5, 0.6) is 0 Å². The molecule has 0 bridgehead atoms. The van der Waals surface area contributed by atoms with E-state index in [0.29, 0.717) is 0 Å². The van der Waals surface area contributed by atoms with Crippen LogP contribution < -0.4 is 0 Å². The van der Waals surface area contributed by atoms with Gasteiger partial charge in [-0.1, -0.05) is 13.0 Å². The van der Waals surface area contributed by atoms with Crippen LogP contribution in [0.3, 0.4) is 0 Å². The molecule has 1 unspecified atom stereocenters. The van der Waals surface area contributed by atoms with Crippen LogP contribution in [0.25, 0.3) is 0 Å². The number of hydrogen-bond donors (Lipinski definition) is 0. The molecular weight excluding hydrogens is 204 g/mol. The number of thiophene rings is 1. The quantitative estimate of drug-likeness (QED) is 0.689. The van der Waals surface area contributed by atoms with Crippen molar-refractivity contribution in [2.24, 2.45) is 5.92 Å². The lowest BCUT2D eigenvalue weighted by Gasteiger charge is -2.16. The molecule has 1 aliphatic rings. The van der Waals surface area contributed by atoms with E-state index in [4.69, 9.17) is 0 Å². The van der Waals surface area contributed by atoms with Crippen molar-refractivity contribution < 1.29 is 4.79 Å². The highest BCUT2D eigenvalue weighted by Crippen LogP contribution is 2.26. The van der Waals surface area contributed by atoms with Crippen LogP contribution in [-0.2, 0) is 0 Å². The Balaban J connectivity index is 2.15. The summed E-state index contributed by atoms with van der Waals surface area (Å²) in [7, 11) is 0. The number of carbonyl (C=O) groups is 1. The highest BCUT2D eigenvalue weighted by Gasteiger charge is 2.17. The van der Waals surface area contributed by atoms with Crippen LogP contribution in [0.1, 0.15) is 41.4 Å². The molecule has 0 saturated heterocycles. The van der Waals surface area contributed by atoms with Gasteiger partial charge in [-0.05, 0) is 43.7 Å². The number of allylic oxidation sites excluding steroid dienone is 2. The van der Waals surface area contributed by atoms with Gasteiger partial charge < -0.3 is 0 Å². The minimum atomic E-state index is 0.242. The second-order valence-corrected chi connectivity index (χ2v) is 5.50. The number of aryl methyl sites for hydroxylation is 1. The Morgan fingerprint density at radius 2 is 2.33 bits per heavy atom. The van der Waals surface area contributed by atoms with E-state index in [1.165, 1.54) is 4.88 Å². The molecule has 0 fully saturated rings. The molecule has 1 aromatic rings. The maximum absolute atomic E-state index is 12.1. The van der Waals surface area contributed by atoms with Crippen LogP contribution in [0.2, 0.25) is 0 Å². The molecule has 0 N–H and O–H groups in total. The van der Waals surface area contributed by atoms with E-state index in [1.54, 1.807) is 11.3 Å². The first-order valence-corrected chi connectivity index (χ1v) is 6.33. The molecule has 1 heterocycles. The molecule has 80 valence electrons. The molecule has 0 aliphatic heterocycles. The number of hydrogen-bond acceptors (Lipinski definition) is 2. The number of carbonyl (C=O) groups excluding carboxylic acids is 1. The van der Waals surface area contributed by atoms with E-state index < -0.39 is 0 Å². The van der Waals surface area contributed by atoms with Crippen molar-refractivity contribution in [1.29, 1.82) is 0 Å². The van der Waals surface area contributed by atoms with Crippen molar-refractivity contribution in [1.82, 2.24) is 0 Å². The molecule has 0 saturated carbocycles. The fourth-order valence-electron chi connectivity index (χ4n) is 1.92. The molecule has 1 aromatic heterocycles. The molecule has 0 aromatic carbocycles. The lowest BCUT2D eigenvalue weighted by atomic mass is 9.88. The van der Waals surface area contributed by atoms with Crippen LogP contribution in [0.15, 0.2) is 23.1 Å². The molecule has 0 radical (unpaired) electrons. The van der Waals surface area contributed by atoms with Crippen LogP contribution in [0, 0.1) is 12.8 Å². The average molecular weight is 220 g/mol. The average Bonchev–Trinajstić information content (AvgIpc) is 2.65. The van der Waals surface area contributed by atoms with Crippen LogP contribution in [0.4, 0.5) is 0 Å². The van der Waals surface area contributed by atoms with Gasteiger partial charge in [0.2, 0.25) is 0 Å². The minimum Gasteiger partial charge on any atom is -0.289 e. The van der Waals surface area contributed by atoms with Crippen LogP contribution in [-0.4, -0.2) is 5.78 Å². The zero-order chi connectivity index (χ0) is 10.8. The third kappa shape index (κ3) is 2.37. The predicted octanol–water partition coefficient (Wildman–Crippen LogP) is 3.99. The number of Topliss-reactive ketones (excluding diaryl/α,β-unsaturated/α-hetero) is 1. The molecule has 2 heteroatoms. The Morgan fingerprint density at radius 1 is 1.53 bits per heavy atom. The standard InChI is InChI=1S/C13H16OS/c1-9-3-5-11(6-4-9)13(14)12-7-10(2)15-8-12/h5,7-9H,3-4,6H2,1-2H3. The summed E-state index contributed by atoms with van der Waals surface area (Å²) in [6, 6.07) is 1.99. The Labute approximate surface area is 94.8 Å². The smallest absolute Gasteiger partial charge is 0.189 e. The molecule has 0 amide bonds. The van der Waals surface area contributed by atoms with Gasteiger partial charge in [-0.25, -0.2) is 0 Å². The summed E-state index contributed by atoms with van der Waals surface area (Å²) in [5.74, 6) is 0.983. The third-order valence-corrected chi connectivity index (χ3v) is 3.82. The van der Waals surface area contributed by atoms with Gasteiger partial charge in [0.05, 0.1) is 0 Å². The second-order valence-electron chi connectivity index (χ2n) is 4.38. The highest BCUT2D eigenvalue weighted by molar-refractivity contribution is 7.10. The lowest BCUT2D eigenvalue weighted by Crippen LogP contribution is -2.09. The first-order valence-electron chi connectivity index (χ1n) is 5.45. The van der Waals surface area contributed by atoms with Gasteiger partial charge in [0.1, 0.15) is 0 Å². The Morgan fingerprint density at radius 3 is 2.87 bits per heavy atom. The molecule has 15 heavy (non-hydrogen) atoms. The molecule has 1 atom stereocenters. The summed E-state index contributed by atoms with van der Waals surface area (Å²) in [5, 5.41) is 1.97. The largest absolute Gasteiger partial charge is 0.289 e. The van der Waals surface area contributed by atoms with Gasteiger partial charge in [-0.3, -0.25) is 4.79 Å². The maximum Gasteiger partial charge on any atom is 0.189 e. The SMILES string of the molecule is Cc1cc(C(=O)C2=CCC(C)CC2)cs1. The van der Waals surface area contributed by atoms with Gasteiger partial charge in [0.25, 0.3) is 0 Å². The first kappa shape index (κ1) is 10.6. The van der Waals surface area contributed by atoms with Crippen LogP contribution >= 0.6 is 11.3 Å². The fourth-order valence-corrected chi connectivity index (χ4v) is 2.60. The zero-order valence-electron chi connectivity index (χ0n) is 9.25. The number of rotatable bonds is 2. The fraction of sp³-hybridized carbons (Fsp3) is 0.462. The Bertz CT molecular complexity index is 400. The number of ketones is 1. The molecule has 1 nitrogen and oxygen atoms in total. The summed E-state index contributed by atoms with van der Waals surface area (Å²) in [6.45, 7) is 4.28. The normalized spacial score (nSPS) is 21.2. The van der Waals surface area contributed by atoms with Crippen molar-refractivity contribution >= 4 is 17.1 Å². The van der Waals surface area contributed by atoms with E-state index in [2.05, 4.69) is 13.0 Å². The Kier molecular flexibility index (Phi) is 3.06. The van der Waals surface area contributed by atoms with Gasteiger partial charge in [0.15, 0.2) is 5.78 Å². The first-order chi connectivity index (χ1) is 7.16. The Hall–Kier alpha value is -0.890. The van der Waals surface area contributed by atoms with Crippen molar-refractivity contribution in [3.63, 3.8) is 0 Å². The lowest BCUT2D eigenvalue weighted by molar-refractivity contribution is 0.102. The summed E-state index contributed by atoms with van der Waals surface area (Å²) in [5.41, 5.74) is 1.89. The molecule has 2 rings (SSSR count). The third-order valence-electron chi connectivity index (χ3n) is 2.96. The highest BCUT2D eigenvalue weighted by atomic mass is 32.1. The minimum absolute atomic E-state index is 0.242. The van der Waals surface area contributed by atoms with E-state index >= 15 is 0 Å². The van der Waals surface area contributed by atoms with E-state index in [0.717, 1.165) is 36.3 Å². The van der Waals surface area contributed by atoms with Crippen molar-refractivity contribution in [2.75, 3.05) is 0 Å². The molecular formula is C13H16OS. The summed E-state index contributed by atoms with van der Waals surface area (Å²) in [4.78, 5) is 13.3. The molecule has 1 aliphatic carbocycles. The van der Waals surface area contributed by atoms with Crippen molar-refractivity contribution in [3.8, 4) is 0 Å². The summed E-state index contributed by atoms with van der Waals surface area (Å²) in [6.07, 6.45) is 5.29. The van der Waals surface area contributed by atoms with Crippen molar-refractivity contribution in [2.45, 2.75) is 33.1 Å². The van der Waals surface area contributed by atoms with Crippen molar-refractivity contribution in [3.05, 3.63) is 33.5 Å². The van der Waals surface area contributed by atoms with E-state index in [9.17, 15) is 4.79 Å². The molecule has 0 spiro atoms. The van der Waals surface area contributed by atoms with Gasteiger partial charge in [-0.15, -0.1) is 11.3 Å². The van der Waals surface area contributed by atoms with E-state index in [1.807, 2.05) is 18.4 Å². The van der Waals surface area contributed by atoms with E-state index in [-0.39, 0.29) is 5.78 Å². The zero-order valence-corrected chi connectivity index (χ0v) is 10.1.